The highest BCUT2D eigenvalue weighted by molar-refractivity contribution is 6.65. The molecule has 0 spiro atoms. The van der Waals surface area contributed by atoms with Gasteiger partial charge in [0.15, 0.2) is 0 Å². The average Bonchev–Trinajstić information content (AvgIpc) is 2.37. The summed E-state index contributed by atoms with van der Waals surface area (Å²) in [5, 5.41) is 14.4. The smallest absolute Gasteiger partial charge is 0.428 e. The molecule has 1 aliphatic heterocycles. The lowest BCUT2D eigenvalue weighted by Gasteiger charge is -2.30. The number of nitrogens with zero attached hydrogens (tertiary/aromatic N) is 2. The first-order valence-electron chi connectivity index (χ1n) is 5.70. The van der Waals surface area contributed by atoms with E-state index in [0.29, 0.717) is 11.0 Å². The van der Waals surface area contributed by atoms with E-state index in [0.717, 1.165) is 5.56 Å². The van der Waals surface area contributed by atoms with E-state index in [4.69, 9.17) is 5.84 Å². The molecule has 0 unspecified atom stereocenters. The van der Waals surface area contributed by atoms with Crippen LogP contribution < -0.4 is 16.7 Å². The van der Waals surface area contributed by atoms with Gasteiger partial charge in [-0.25, -0.2) is 5.84 Å². The first-order valence-corrected chi connectivity index (χ1v) is 5.70. The number of amides is 1. The van der Waals surface area contributed by atoms with Gasteiger partial charge in [0, 0.05) is 11.6 Å². The molecule has 4 N–H and O–H groups in total. The van der Waals surface area contributed by atoms with Crippen molar-refractivity contribution in [3.05, 3.63) is 29.3 Å². The molecular weight excluding hydrogens is 231 g/mol. The molecule has 0 aromatic heterocycles. The Balaban J connectivity index is 2.41. The SMILES string of the molecule is CC(C)N1N=Cc2ccc(C(=O)NN)cc2B1O. The van der Waals surface area contributed by atoms with Crippen molar-refractivity contribution in [2.75, 3.05) is 0 Å². The summed E-state index contributed by atoms with van der Waals surface area (Å²) in [6.07, 6.45) is 1.67. The number of carbonyl (C=O) groups is 1. The zero-order valence-corrected chi connectivity index (χ0v) is 10.3. The van der Waals surface area contributed by atoms with Crippen molar-refractivity contribution in [3.63, 3.8) is 0 Å². The molecule has 0 radical (unpaired) electrons. The lowest BCUT2D eigenvalue weighted by molar-refractivity contribution is 0.0953. The van der Waals surface area contributed by atoms with E-state index in [1.165, 1.54) is 0 Å². The molecule has 6 nitrogen and oxygen atoms in total. The van der Waals surface area contributed by atoms with Gasteiger partial charge in [-0.1, -0.05) is 6.07 Å². The van der Waals surface area contributed by atoms with Crippen molar-refractivity contribution in [1.29, 1.82) is 0 Å². The number of hydrogen-bond acceptors (Lipinski definition) is 5. The predicted octanol–water partition coefficient (Wildman–Crippen LogP) is -0.964. The van der Waals surface area contributed by atoms with Crippen molar-refractivity contribution in [2.45, 2.75) is 19.9 Å². The molecule has 0 saturated carbocycles. The first kappa shape index (κ1) is 12.6. The predicted molar refractivity (Wildman–Crippen MR) is 70.3 cm³/mol. The second-order valence-electron chi connectivity index (χ2n) is 4.41. The molecule has 0 fully saturated rings. The number of hydrazone groups is 1. The molecule has 0 saturated heterocycles. The van der Waals surface area contributed by atoms with Gasteiger partial charge in [0.1, 0.15) is 0 Å². The van der Waals surface area contributed by atoms with Gasteiger partial charge in [-0.15, -0.1) is 0 Å². The molecule has 1 aliphatic rings. The Labute approximate surface area is 106 Å². The number of hydrogen-bond donors (Lipinski definition) is 3. The Morgan fingerprint density at radius 3 is 2.89 bits per heavy atom. The fourth-order valence-corrected chi connectivity index (χ4v) is 1.89. The lowest BCUT2D eigenvalue weighted by Crippen LogP contribution is -2.52. The number of nitrogen functional groups attached to an aromatic ring is 1. The maximum absolute atomic E-state index is 11.5. The number of fused-ring (bicyclic) bond motifs is 1. The Bertz CT molecular complexity index is 504. The van der Waals surface area contributed by atoms with Crippen molar-refractivity contribution >= 4 is 24.6 Å². The van der Waals surface area contributed by atoms with Gasteiger partial charge in [0.25, 0.3) is 5.91 Å². The Morgan fingerprint density at radius 1 is 1.56 bits per heavy atom. The third-order valence-corrected chi connectivity index (χ3v) is 2.87. The summed E-state index contributed by atoms with van der Waals surface area (Å²) in [5.41, 5.74) is 3.93. The molecule has 94 valence electrons. The van der Waals surface area contributed by atoms with E-state index in [-0.39, 0.29) is 11.9 Å². The van der Waals surface area contributed by atoms with Gasteiger partial charge in [-0.2, -0.15) is 5.10 Å². The van der Waals surface area contributed by atoms with E-state index >= 15 is 0 Å². The van der Waals surface area contributed by atoms with Gasteiger partial charge in [-0.3, -0.25) is 10.2 Å². The Hall–Kier alpha value is -1.86. The van der Waals surface area contributed by atoms with Crippen LogP contribution in [0.4, 0.5) is 0 Å². The Morgan fingerprint density at radius 2 is 2.28 bits per heavy atom. The third-order valence-electron chi connectivity index (χ3n) is 2.87. The van der Waals surface area contributed by atoms with Crippen LogP contribution in [0.15, 0.2) is 23.3 Å². The maximum Gasteiger partial charge on any atom is 0.467 e. The molecule has 1 aromatic carbocycles. The van der Waals surface area contributed by atoms with Gasteiger partial charge >= 0.3 is 7.05 Å². The molecule has 1 heterocycles. The van der Waals surface area contributed by atoms with E-state index in [2.05, 4.69) is 10.5 Å². The highest BCUT2D eigenvalue weighted by Crippen LogP contribution is 2.11. The fourth-order valence-electron chi connectivity index (χ4n) is 1.89. The van der Waals surface area contributed by atoms with Crippen molar-refractivity contribution in [2.24, 2.45) is 10.9 Å². The highest BCUT2D eigenvalue weighted by Gasteiger charge is 2.31. The number of hydrazine groups is 1. The van der Waals surface area contributed by atoms with Crippen LogP contribution in [0.1, 0.15) is 29.8 Å². The van der Waals surface area contributed by atoms with E-state index in [9.17, 15) is 9.82 Å². The van der Waals surface area contributed by atoms with E-state index < -0.39 is 7.05 Å². The number of carbonyl (C=O) groups excluding carboxylic acids is 1. The van der Waals surface area contributed by atoms with Crippen molar-refractivity contribution < 1.29 is 9.82 Å². The van der Waals surface area contributed by atoms with Crippen LogP contribution in [0, 0.1) is 0 Å². The van der Waals surface area contributed by atoms with Crippen molar-refractivity contribution in [3.8, 4) is 0 Å². The van der Waals surface area contributed by atoms with Crippen LogP contribution in [0.3, 0.4) is 0 Å². The van der Waals surface area contributed by atoms with Crippen molar-refractivity contribution in [1.82, 2.24) is 10.3 Å². The van der Waals surface area contributed by atoms with Crippen LogP contribution in [0.25, 0.3) is 0 Å². The molecule has 18 heavy (non-hydrogen) atoms. The summed E-state index contributed by atoms with van der Waals surface area (Å²) in [6, 6.07) is 5.08. The topological polar surface area (TPSA) is 91.0 Å². The Kier molecular flexibility index (Phi) is 3.35. The number of rotatable bonds is 2. The summed E-state index contributed by atoms with van der Waals surface area (Å²) in [7, 11) is -0.851. The molecule has 0 atom stereocenters. The molecule has 1 aromatic rings. The van der Waals surface area contributed by atoms with Crippen LogP contribution in [-0.2, 0) is 0 Å². The van der Waals surface area contributed by atoms with Crippen LogP contribution in [0.2, 0.25) is 0 Å². The minimum atomic E-state index is -0.851. The van der Waals surface area contributed by atoms with Gasteiger partial charge in [0.05, 0.1) is 6.21 Å². The summed E-state index contributed by atoms with van der Waals surface area (Å²) in [4.78, 5) is 13.0. The molecule has 0 bridgehead atoms. The minimum Gasteiger partial charge on any atom is -0.428 e. The van der Waals surface area contributed by atoms with E-state index in [1.807, 2.05) is 13.8 Å². The zero-order chi connectivity index (χ0) is 13.3. The number of nitrogens with one attached hydrogen (secondary N) is 1. The normalized spacial score (nSPS) is 13.8. The van der Waals surface area contributed by atoms with E-state index in [1.54, 1.807) is 29.3 Å². The fraction of sp³-hybridized carbons (Fsp3) is 0.273. The van der Waals surface area contributed by atoms with Gasteiger partial charge < -0.3 is 9.94 Å². The second-order valence-corrected chi connectivity index (χ2v) is 4.41. The third kappa shape index (κ3) is 2.10. The monoisotopic (exact) mass is 246 g/mol. The highest BCUT2D eigenvalue weighted by atomic mass is 16.2. The maximum atomic E-state index is 11.5. The van der Waals surface area contributed by atoms with Crippen LogP contribution in [0.5, 0.6) is 0 Å². The van der Waals surface area contributed by atoms with Crippen LogP contribution in [-0.4, -0.2) is 35.2 Å². The summed E-state index contributed by atoms with van der Waals surface area (Å²) < 4.78 is 0. The molecule has 0 aliphatic carbocycles. The largest absolute Gasteiger partial charge is 0.467 e. The second kappa shape index (κ2) is 4.79. The minimum absolute atomic E-state index is 0.0661. The zero-order valence-electron chi connectivity index (χ0n) is 10.3. The summed E-state index contributed by atoms with van der Waals surface area (Å²) in [5.74, 6) is 4.71. The molecule has 7 heteroatoms. The molecule has 2 rings (SSSR count). The van der Waals surface area contributed by atoms with Gasteiger partial charge in [0.2, 0.25) is 0 Å². The molecule has 1 amide bonds. The first-order chi connectivity index (χ1) is 8.54. The summed E-state index contributed by atoms with van der Waals surface area (Å²) >= 11 is 0. The number of nitrogens with two attached hydrogens (primary N) is 1. The summed E-state index contributed by atoms with van der Waals surface area (Å²) in [6.45, 7) is 3.87. The number of benzene rings is 1. The van der Waals surface area contributed by atoms with Crippen LogP contribution >= 0.6 is 0 Å². The standard InChI is InChI=1S/C11H15BN4O2/c1-7(2)16-12(18)10-5-8(11(17)15-13)3-4-9(10)6-14-16/h3-7,18H,13H2,1-2H3,(H,15,17). The van der Waals surface area contributed by atoms with Gasteiger partial charge in [-0.05, 0) is 37.0 Å². The lowest BCUT2D eigenvalue weighted by atomic mass is 9.68. The quantitative estimate of drug-likeness (QED) is 0.271. The average molecular weight is 246 g/mol. The molecular formula is C11H15BN4O2.